The predicted molar refractivity (Wildman–Crippen MR) is 85.3 cm³/mol. The quantitative estimate of drug-likeness (QED) is 0.626. The van der Waals surface area contributed by atoms with Gasteiger partial charge in [0, 0.05) is 24.2 Å². The van der Waals surface area contributed by atoms with Crippen LogP contribution in [0, 0.1) is 23.0 Å². The zero-order chi connectivity index (χ0) is 15.2. The van der Waals surface area contributed by atoms with Gasteiger partial charge in [0.1, 0.15) is 0 Å². The van der Waals surface area contributed by atoms with Crippen molar-refractivity contribution in [2.45, 2.75) is 65.0 Å². The summed E-state index contributed by atoms with van der Waals surface area (Å²) < 4.78 is 0. The third kappa shape index (κ3) is 4.53. The van der Waals surface area contributed by atoms with E-state index >= 15 is 0 Å². The first-order valence-corrected chi connectivity index (χ1v) is 8.07. The standard InChI is InChI=1S/C17H26N2O2/c1-3-4-14-7-9-16(10-8-14)18-12-15-6-5-13(2)17(11-15)19(20)21/h5-6,11,14,16,18H,3-4,7-10,12H2,1-2H3. The van der Waals surface area contributed by atoms with Crippen LogP contribution in [0.5, 0.6) is 0 Å². The molecule has 0 aromatic heterocycles. The molecule has 0 unspecified atom stereocenters. The highest BCUT2D eigenvalue weighted by molar-refractivity contribution is 5.42. The van der Waals surface area contributed by atoms with E-state index in [0.29, 0.717) is 6.04 Å². The Bertz CT molecular complexity index is 480. The number of nitro groups is 1. The maximum absolute atomic E-state index is 11.0. The number of nitrogens with zero attached hydrogens (tertiary/aromatic N) is 1. The summed E-state index contributed by atoms with van der Waals surface area (Å²) in [4.78, 5) is 10.7. The van der Waals surface area contributed by atoms with Crippen molar-refractivity contribution in [1.82, 2.24) is 5.32 Å². The van der Waals surface area contributed by atoms with Gasteiger partial charge in [-0.3, -0.25) is 10.1 Å². The molecule has 4 nitrogen and oxygen atoms in total. The van der Waals surface area contributed by atoms with Crippen LogP contribution < -0.4 is 5.32 Å². The lowest BCUT2D eigenvalue weighted by molar-refractivity contribution is -0.385. The van der Waals surface area contributed by atoms with Gasteiger partial charge >= 0.3 is 0 Å². The van der Waals surface area contributed by atoms with Crippen molar-refractivity contribution in [1.29, 1.82) is 0 Å². The maximum Gasteiger partial charge on any atom is 0.272 e. The molecule has 0 aliphatic heterocycles. The number of hydrogen-bond acceptors (Lipinski definition) is 3. The van der Waals surface area contributed by atoms with Crippen LogP contribution in [0.3, 0.4) is 0 Å². The van der Waals surface area contributed by atoms with Gasteiger partial charge in [-0.05, 0) is 44.1 Å². The number of nitrogens with one attached hydrogen (secondary N) is 1. The van der Waals surface area contributed by atoms with Crippen LogP contribution in [0.25, 0.3) is 0 Å². The summed E-state index contributed by atoms with van der Waals surface area (Å²) in [5.74, 6) is 0.911. The van der Waals surface area contributed by atoms with Crippen LogP contribution in [0.2, 0.25) is 0 Å². The minimum absolute atomic E-state index is 0.223. The lowest BCUT2D eigenvalue weighted by Gasteiger charge is -2.29. The fourth-order valence-electron chi connectivity index (χ4n) is 3.29. The van der Waals surface area contributed by atoms with E-state index in [0.717, 1.165) is 23.6 Å². The van der Waals surface area contributed by atoms with E-state index in [1.54, 1.807) is 13.0 Å². The molecule has 0 spiro atoms. The molecular weight excluding hydrogens is 264 g/mol. The molecule has 116 valence electrons. The topological polar surface area (TPSA) is 55.2 Å². The van der Waals surface area contributed by atoms with Crippen LogP contribution in [-0.2, 0) is 6.54 Å². The van der Waals surface area contributed by atoms with Crippen molar-refractivity contribution in [3.8, 4) is 0 Å². The first-order chi connectivity index (χ1) is 10.1. The van der Waals surface area contributed by atoms with Crippen molar-refractivity contribution in [2.24, 2.45) is 5.92 Å². The second-order valence-corrected chi connectivity index (χ2v) is 6.27. The van der Waals surface area contributed by atoms with Crippen LogP contribution in [0.4, 0.5) is 5.69 Å². The van der Waals surface area contributed by atoms with Gasteiger partial charge in [-0.2, -0.15) is 0 Å². The van der Waals surface area contributed by atoms with Gasteiger partial charge in [-0.1, -0.05) is 31.9 Å². The summed E-state index contributed by atoms with van der Waals surface area (Å²) in [6.07, 6.45) is 7.75. The molecule has 21 heavy (non-hydrogen) atoms. The summed E-state index contributed by atoms with van der Waals surface area (Å²) in [5.41, 5.74) is 1.95. The molecular formula is C17H26N2O2. The third-order valence-electron chi connectivity index (χ3n) is 4.61. The molecule has 1 aliphatic carbocycles. The number of nitro benzene ring substituents is 1. The van der Waals surface area contributed by atoms with Gasteiger partial charge in [0.25, 0.3) is 5.69 Å². The molecule has 0 bridgehead atoms. The fraction of sp³-hybridized carbons (Fsp3) is 0.647. The average molecular weight is 290 g/mol. The van der Waals surface area contributed by atoms with Crippen molar-refractivity contribution in [3.05, 3.63) is 39.4 Å². The van der Waals surface area contributed by atoms with Gasteiger partial charge < -0.3 is 5.32 Å². The second-order valence-electron chi connectivity index (χ2n) is 6.27. The first kappa shape index (κ1) is 16.0. The Morgan fingerprint density at radius 1 is 1.29 bits per heavy atom. The Morgan fingerprint density at radius 3 is 2.62 bits per heavy atom. The highest BCUT2D eigenvalue weighted by Gasteiger charge is 2.20. The number of benzene rings is 1. The minimum atomic E-state index is -0.297. The van der Waals surface area contributed by atoms with E-state index in [1.165, 1.54) is 38.5 Å². The third-order valence-corrected chi connectivity index (χ3v) is 4.61. The van der Waals surface area contributed by atoms with E-state index < -0.39 is 0 Å². The smallest absolute Gasteiger partial charge is 0.272 e. The van der Waals surface area contributed by atoms with Crippen LogP contribution in [0.15, 0.2) is 18.2 Å². The molecule has 1 aromatic carbocycles. The van der Waals surface area contributed by atoms with Crippen LogP contribution in [0.1, 0.15) is 56.6 Å². The van der Waals surface area contributed by atoms with Crippen LogP contribution >= 0.6 is 0 Å². The molecule has 0 saturated heterocycles. The minimum Gasteiger partial charge on any atom is -0.310 e. The molecule has 2 rings (SSSR count). The lowest BCUT2D eigenvalue weighted by Crippen LogP contribution is -2.32. The Hall–Kier alpha value is -1.42. The van der Waals surface area contributed by atoms with Gasteiger partial charge in [0.15, 0.2) is 0 Å². The Kier molecular flexibility index (Phi) is 5.74. The van der Waals surface area contributed by atoms with Gasteiger partial charge in [-0.25, -0.2) is 0 Å². The Morgan fingerprint density at radius 2 is 2.00 bits per heavy atom. The zero-order valence-corrected chi connectivity index (χ0v) is 13.1. The van der Waals surface area contributed by atoms with Crippen LogP contribution in [-0.4, -0.2) is 11.0 Å². The van der Waals surface area contributed by atoms with Crippen molar-refractivity contribution in [3.63, 3.8) is 0 Å². The lowest BCUT2D eigenvalue weighted by atomic mass is 9.83. The number of hydrogen-bond donors (Lipinski definition) is 1. The largest absolute Gasteiger partial charge is 0.310 e. The molecule has 4 heteroatoms. The highest BCUT2D eigenvalue weighted by atomic mass is 16.6. The van der Waals surface area contributed by atoms with Crippen molar-refractivity contribution >= 4 is 5.69 Å². The monoisotopic (exact) mass is 290 g/mol. The van der Waals surface area contributed by atoms with Crippen molar-refractivity contribution < 1.29 is 4.92 Å². The summed E-state index contributed by atoms with van der Waals surface area (Å²) in [5, 5.41) is 14.5. The van der Waals surface area contributed by atoms with E-state index in [-0.39, 0.29) is 10.6 Å². The molecule has 1 saturated carbocycles. The number of aryl methyl sites for hydroxylation is 1. The summed E-state index contributed by atoms with van der Waals surface area (Å²) in [7, 11) is 0. The highest BCUT2D eigenvalue weighted by Crippen LogP contribution is 2.28. The SMILES string of the molecule is CCCC1CCC(NCc2ccc(C)c([N+](=O)[O-])c2)CC1. The number of rotatable bonds is 6. The van der Waals surface area contributed by atoms with E-state index in [2.05, 4.69) is 12.2 Å². The maximum atomic E-state index is 11.0. The first-order valence-electron chi connectivity index (χ1n) is 8.07. The molecule has 1 fully saturated rings. The van der Waals surface area contributed by atoms with E-state index in [4.69, 9.17) is 0 Å². The van der Waals surface area contributed by atoms with Crippen molar-refractivity contribution in [2.75, 3.05) is 0 Å². The Balaban J connectivity index is 1.84. The molecule has 0 heterocycles. The fourth-order valence-corrected chi connectivity index (χ4v) is 3.29. The predicted octanol–water partition coefficient (Wildman–Crippen LogP) is 4.35. The summed E-state index contributed by atoms with van der Waals surface area (Å²) >= 11 is 0. The zero-order valence-electron chi connectivity index (χ0n) is 13.1. The summed E-state index contributed by atoms with van der Waals surface area (Å²) in [6, 6.07) is 6.09. The van der Waals surface area contributed by atoms with E-state index in [9.17, 15) is 10.1 Å². The normalized spacial score (nSPS) is 22.2. The molecule has 1 aliphatic rings. The molecule has 1 N–H and O–H groups in total. The molecule has 0 atom stereocenters. The second kappa shape index (κ2) is 7.55. The average Bonchev–Trinajstić information content (AvgIpc) is 2.48. The van der Waals surface area contributed by atoms with Gasteiger partial charge in [0.05, 0.1) is 4.92 Å². The Labute approximate surface area is 127 Å². The molecule has 0 radical (unpaired) electrons. The summed E-state index contributed by atoms with van der Waals surface area (Å²) in [6.45, 7) is 4.77. The van der Waals surface area contributed by atoms with E-state index in [1.807, 2.05) is 12.1 Å². The molecule has 0 amide bonds. The van der Waals surface area contributed by atoms with Gasteiger partial charge in [0.2, 0.25) is 0 Å². The molecule has 1 aromatic rings. The van der Waals surface area contributed by atoms with Gasteiger partial charge in [-0.15, -0.1) is 0 Å².